The highest BCUT2D eigenvalue weighted by Gasteiger charge is 2.27. The Balaban J connectivity index is 1.71. The number of hydrogen-bond donors (Lipinski definition) is 1. The third-order valence-corrected chi connectivity index (χ3v) is 5.11. The second kappa shape index (κ2) is 7.48. The number of carbonyl (C=O) groups is 2. The van der Waals surface area contributed by atoms with Crippen LogP contribution in [0.25, 0.3) is 5.69 Å². The Morgan fingerprint density at radius 1 is 1.07 bits per heavy atom. The van der Waals surface area contributed by atoms with E-state index in [1.54, 1.807) is 17.0 Å². The first-order valence-corrected chi connectivity index (χ1v) is 9.39. The smallest absolute Gasteiger partial charge is 0.259 e. The predicted molar refractivity (Wildman–Crippen MR) is 108 cm³/mol. The molecule has 4 rings (SSSR count). The molecule has 2 aromatic carbocycles. The minimum absolute atomic E-state index is 0.170. The van der Waals surface area contributed by atoms with E-state index >= 15 is 0 Å². The highest BCUT2D eigenvalue weighted by atomic mass is 35.5. The number of benzene rings is 2. The molecule has 1 N–H and O–H groups in total. The second-order valence-corrected chi connectivity index (χ2v) is 7.10. The molecule has 2 amide bonds. The zero-order valence-electron chi connectivity index (χ0n) is 15.4. The number of rotatable bonds is 3. The van der Waals surface area contributed by atoms with Crippen molar-refractivity contribution in [2.45, 2.75) is 19.9 Å². The van der Waals surface area contributed by atoms with Gasteiger partial charge in [0.25, 0.3) is 5.91 Å². The van der Waals surface area contributed by atoms with E-state index in [1.807, 2.05) is 30.3 Å². The zero-order chi connectivity index (χ0) is 19.7. The Hall–Kier alpha value is -3.12. The number of nitrogens with zero attached hydrogens (tertiary/aromatic N) is 3. The summed E-state index contributed by atoms with van der Waals surface area (Å²) in [5, 5.41) is 7.55. The van der Waals surface area contributed by atoms with Gasteiger partial charge in [-0.05, 0) is 29.7 Å². The molecule has 28 heavy (non-hydrogen) atoms. The molecular weight excluding hydrogens is 376 g/mol. The van der Waals surface area contributed by atoms with E-state index in [0.717, 1.165) is 12.0 Å². The minimum Gasteiger partial charge on any atom is -0.334 e. The van der Waals surface area contributed by atoms with Crippen LogP contribution in [0.5, 0.6) is 0 Å². The van der Waals surface area contributed by atoms with Crippen molar-refractivity contribution in [3.63, 3.8) is 0 Å². The van der Waals surface area contributed by atoms with Crippen LogP contribution in [0.4, 0.5) is 5.82 Å². The molecule has 0 bridgehead atoms. The molecule has 7 heteroatoms. The SMILES string of the molecule is CC(=O)Nc1c(C(=O)N2CCc3ccccc3C2)cnn1-c1ccccc1Cl. The number of fused-ring (bicyclic) bond motifs is 1. The third kappa shape index (κ3) is 3.39. The zero-order valence-corrected chi connectivity index (χ0v) is 16.1. The Kier molecular flexibility index (Phi) is 4.88. The molecule has 0 unspecified atom stereocenters. The van der Waals surface area contributed by atoms with Crippen LogP contribution < -0.4 is 5.32 Å². The van der Waals surface area contributed by atoms with Crippen LogP contribution in [0.15, 0.2) is 54.7 Å². The molecule has 142 valence electrons. The molecule has 2 heterocycles. The van der Waals surface area contributed by atoms with E-state index in [9.17, 15) is 9.59 Å². The monoisotopic (exact) mass is 394 g/mol. The quantitative estimate of drug-likeness (QED) is 0.736. The van der Waals surface area contributed by atoms with Crippen molar-refractivity contribution in [2.24, 2.45) is 0 Å². The lowest BCUT2D eigenvalue weighted by atomic mass is 9.99. The third-order valence-electron chi connectivity index (χ3n) is 4.79. The van der Waals surface area contributed by atoms with Crippen molar-refractivity contribution in [1.82, 2.24) is 14.7 Å². The van der Waals surface area contributed by atoms with Crippen LogP contribution >= 0.6 is 11.6 Å². The van der Waals surface area contributed by atoms with Gasteiger partial charge in [0.15, 0.2) is 0 Å². The molecule has 0 spiro atoms. The van der Waals surface area contributed by atoms with Gasteiger partial charge in [0.05, 0.1) is 16.9 Å². The second-order valence-electron chi connectivity index (χ2n) is 6.70. The van der Waals surface area contributed by atoms with E-state index in [-0.39, 0.29) is 11.8 Å². The predicted octanol–water partition coefficient (Wildman–Crippen LogP) is 3.68. The number of nitrogens with one attached hydrogen (secondary N) is 1. The normalized spacial score (nSPS) is 13.1. The number of halogens is 1. The number of anilines is 1. The van der Waals surface area contributed by atoms with Gasteiger partial charge >= 0.3 is 0 Å². The summed E-state index contributed by atoms with van der Waals surface area (Å²) in [5.74, 6) is -0.132. The van der Waals surface area contributed by atoms with Gasteiger partial charge in [0, 0.05) is 20.0 Å². The van der Waals surface area contributed by atoms with Crippen molar-refractivity contribution in [1.29, 1.82) is 0 Å². The van der Waals surface area contributed by atoms with Crippen LogP contribution in [-0.2, 0) is 17.8 Å². The van der Waals surface area contributed by atoms with Gasteiger partial charge in [0.2, 0.25) is 5.91 Å². The molecule has 0 saturated carbocycles. The molecule has 0 saturated heterocycles. The highest BCUT2D eigenvalue weighted by molar-refractivity contribution is 6.32. The number of aromatic nitrogens is 2. The lowest BCUT2D eigenvalue weighted by molar-refractivity contribution is -0.114. The van der Waals surface area contributed by atoms with Gasteiger partial charge in [-0.25, -0.2) is 4.68 Å². The van der Waals surface area contributed by atoms with Crippen molar-refractivity contribution in [2.75, 3.05) is 11.9 Å². The van der Waals surface area contributed by atoms with Crippen molar-refractivity contribution in [3.8, 4) is 5.69 Å². The Morgan fingerprint density at radius 2 is 1.79 bits per heavy atom. The average molecular weight is 395 g/mol. The Morgan fingerprint density at radius 3 is 2.54 bits per heavy atom. The molecule has 1 aromatic heterocycles. The molecule has 6 nitrogen and oxygen atoms in total. The van der Waals surface area contributed by atoms with Crippen LogP contribution in [-0.4, -0.2) is 33.0 Å². The molecule has 0 fully saturated rings. The van der Waals surface area contributed by atoms with Gasteiger partial charge in [-0.15, -0.1) is 0 Å². The molecule has 3 aromatic rings. The fourth-order valence-electron chi connectivity index (χ4n) is 3.44. The van der Waals surface area contributed by atoms with E-state index in [4.69, 9.17) is 11.6 Å². The first-order valence-electron chi connectivity index (χ1n) is 9.01. The molecule has 0 atom stereocenters. The summed E-state index contributed by atoms with van der Waals surface area (Å²) in [7, 11) is 0. The molecule has 1 aliphatic heterocycles. The number of para-hydroxylation sites is 1. The van der Waals surface area contributed by atoms with E-state index in [2.05, 4.69) is 16.5 Å². The molecule has 0 aliphatic carbocycles. The summed E-state index contributed by atoms with van der Waals surface area (Å²) in [5.41, 5.74) is 3.34. The summed E-state index contributed by atoms with van der Waals surface area (Å²) in [6.07, 6.45) is 2.29. The van der Waals surface area contributed by atoms with Gasteiger partial charge in [-0.3, -0.25) is 9.59 Å². The maximum atomic E-state index is 13.2. The molecular formula is C21H19ClN4O2. The lowest BCUT2D eigenvalue weighted by Gasteiger charge is -2.28. The fraction of sp³-hybridized carbons (Fsp3) is 0.190. The molecule has 1 aliphatic rings. The number of amides is 2. The minimum atomic E-state index is -0.285. The van der Waals surface area contributed by atoms with Gasteiger partial charge in [0.1, 0.15) is 11.4 Å². The summed E-state index contributed by atoms with van der Waals surface area (Å²) in [6, 6.07) is 15.3. The van der Waals surface area contributed by atoms with Crippen LogP contribution in [0.1, 0.15) is 28.4 Å². The van der Waals surface area contributed by atoms with Gasteiger partial charge in [-0.1, -0.05) is 48.0 Å². The molecule has 0 radical (unpaired) electrons. The summed E-state index contributed by atoms with van der Waals surface area (Å²) in [6.45, 7) is 2.55. The topological polar surface area (TPSA) is 67.2 Å². The summed E-state index contributed by atoms with van der Waals surface area (Å²) < 4.78 is 1.49. The lowest BCUT2D eigenvalue weighted by Crippen LogP contribution is -2.36. The Bertz CT molecular complexity index is 1060. The highest BCUT2D eigenvalue weighted by Crippen LogP contribution is 2.28. The van der Waals surface area contributed by atoms with Crippen LogP contribution in [0.2, 0.25) is 5.02 Å². The summed E-state index contributed by atoms with van der Waals surface area (Å²) in [4.78, 5) is 26.8. The van der Waals surface area contributed by atoms with Gasteiger partial charge in [-0.2, -0.15) is 5.10 Å². The summed E-state index contributed by atoms with van der Waals surface area (Å²) >= 11 is 6.29. The van der Waals surface area contributed by atoms with Crippen LogP contribution in [0.3, 0.4) is 0 Å². The number of carbonyl (C=O) groups excluding carboxylic acids is 2. The van der Waals surface area contributed by atoms with Crippen LogP contribution in [0, 0.1) is 0 Å². The first-order chi connectivity index (χ1) is 13.5. The fourth-order valence-corrected chi connectivity index (χ4v) is 3.65. The maximum Gasteiger partial charge on any atom is 0.259 e. The first kappa shape index (κ1) is 18.3. The van der Waals surface area contributed by atoms with E-state index in [1.165, 1.54) is 23.4 Å². The number of hydrogen-bond acceptors (Lipinski definition) is 3. The maximum absolute atomic E-state index is 13.2. The van der Waals surface area contributed by atoms with E-state index in [0.29, 0.717) is 35.2 Å². The van der Waals surface area contributed by atoms with Gasteiger partial charge < -0.3 is 10.2 Å². The van der Waals surface area contributed by atoms with Crippen molar-refractivity contribution < 1.29 is 9.59 Å². The largest absolute Gasteiger partial charge is 0.334 e. The van der Waals surface area contributed by atoms with Crippen molar-refractivity contribution in [3.05, 3.63) is 76.4 Å². The van der Waals surface area contributed by atoms with Crippen molar-refractivity contribution >= 4 is 29.2 Å². The average Bonchev–Trinajstić information content (AvgIpc) is 3.10. The Labute approximate surface area is 167 Å². The van der Waals surface area contributed by atoms with E-state index < -0.39 is 0 Å². The standard InChI is InChI=1S/C21H19ClN4O2/c1-14(27)24-20-17(12-23-26(20)19-9-5-4-8-18(19)22)21(28)25-11-10-15-6-2-3-7-16(15)13-25/h2-9,12H,10-11,13H2,1H3,(H,24,27).